The summed E-state index contributed by atoms with van der Waals surface area (Å²) in [5.74, 6) is -0.868. The molecule has 3 aromatic rings. The van der Waals surface area contributed by atoms with Crippen LogP contribution in [0.1, 0.15) is 32.8 Å². The lowest BCUT2D eigenvalue weighted by Crippen LogP contribution is -2.19. The summed E-state index contributed by atoms with van der Waals surface area (Å²) in [6.45, 7) is 5.92. The van der Waals surface area contributed by atoms with Crippen LogP contribution in [-0.4, -0.2) is 16.6 Å². The van der Waals surface area contributed by atoms with Gasteiger partial charge in [0.15, 0.2) is 5.16 Å². The maximum absolute atomic E-state index is 14.2. The highest BCUT2D eigenvalue weighted by Crippen LogP contribution is 2.33. The van der Waals surface area contributed by atoms with Gasteiger partial charge in [0.25, 0.3) is 0 Å². The largest absolute Gasteiger partial charge is 0.329 e. The molecule has 3 rings (SSSR count). The molecule has 0 fully saturated rings. The summed E-state index contributed by atoms with van der Waals surface area (Å²) >= 11 is 7.41. The molecule has 0 aliphatic rings. The standard InChI is InChI=1S/C27H27ClF3N3S/c1-5-18(2)9-12-22(15-19(3)28)33(4)26-16-32-27(34(26)21-13-10-20(29)11-14-21)35-17-23-24(30)7-6-8-25(23)31/h6-16H,5,17H2,1-4H3/b18-9+,19-15+,22-12+. The molecule has 0 aliphatic heterocycles. The lowest BCUT2D eigenvalue weighted by Gasteiger charge is -2.23. The van der Waals surface area contributed by atoms with Gasteiger partial charge in [0.05, 0.1) is 6.20 Å². The van der Waals surface area contributed by atoms with Crippen molar-refractivity contribution in [1.29, 1.82) is 0 Å². The molecular weight excluding hydrogens is 491 g/mol. The van der Waals surface area contributed by atoms with Crippen molar-refractivity contribution >= 4 is 29.2 Å². The maximum atomic E-state index is 14.2. The van der Waals surface area contributed by atoms with E-state index in [1.165, 1.54) is 47.7 Å². The predicted molar refractivity (Wildman–Crippen MR) is 140 cm³/mol. The summed E-state index contributed by atoms with van der Waals surface area (Å²) in [5.41, 5.74) is 2.65. The van der Waals surface area contributed by atoms with Crippen LogP contribution in [0.15, 0.2) is 88.3 Å². The van der Waals surface area contributed by atoms with Crippen LogP contribution in [0.4, 0.5) is 19.0 Å². The third-order valence-corrected chi connectivity index (χ3v) is 6.47. The first-order valence-electron chi connectivity index (χ1n) is 11.1. The van der Waals surface area contributed by atoms with Crippen LogP contribution in [0.3, 0.4) is 0 Å². The summed E-state index contributed by atoms with van der Waals surface area (Å²) in [6, 6.07) is 9.78. The number of likely N-dealkylation sites (N-methyl/N-ethyl adjacent to an activating group) is 1. The fourth-order valence-corrected chi connectivity index (χ4v) is 4.36. The maximum Gasteiger partial charge on any atom is 0.174 e. The monoisotopic (exact) mass is 517 g/mol. The molecule has 8 heteroatoms. The van der Waals surface area contributed by atoms with Gasteiger partial charge in [-0.25, -0.2) is 18.2 Å². The first-order chi connectivity index (χ1) is 16.7. The lowest BCUT2D eigenvalue weighted by atomic mass is 10.2. The molecule has 1 aromatic heterocycles. The van der Waals surface area contributed by atoms with Crippen LogP contribution in [0.25, 0.3) is 5.69 Å². The molecule has 0 bridgehead atoms. The Bertz CT molecular complexity index is 1240. The molecule has 0 saturated heterocycles. The van der Waals surface area contributed by atoms with E-state index in [-0.39, 0.29) is 17.1 Å². The minimum atomic E-state index is -0.610. The van der Waals surface area contributed by atoms with E-state index in [4.69, 9.17) is 11.6 Å². The number of aromatic nitrogens is 2. The van der Waals surface area contributed by atoms with Gasteiger partial charge < -0.3 is 4.90 Å². The second-order valence-electron chi connectivity index (χ2n) is 7.95. The van der Waals surface area contributed by atoms with E-state index in [0.717, 1.165) is 12.1 Å². The van der Waals surface area contributed by atoms with E-state index in [1.54, 1.807) is 25.3 Å². The number of allylic oxidation sites excluding steroid dienone is 5. The molecule has 3 nitrogen and oxygen atoms in total. The molecule has 0 radical (unpaired) electrons. The fourth-order valence-electron chi connectivity index (χ4n) is 3.24. The molecule has 1 heterocycles. The van der Waals surface area contributed by atoms with Gasteiger partial charge in [0.1, 0.15) is 23.3 Å². The van der Waals surface area contributed by atoms with Gasteiger partial charge in [-0.1, -0.05) is 48.0 Å². The Morgan fingerprint density at radius 1 is 1.06 bits per heavy atom. The number of anilines is 1. The summed E-state index contributed by atoms with van der Waals surface area (Å²) < 4.78 is 43.9. The van der Waals surface area contributed by atoms with E-state index in [0.29, 0.717) is 21.7 Å². The van der Waals surface area contributed by atoms with E-state index < -0.39 is 11.6 Å². The lowest BCUT2D eigenvalue weighted by molar-refractivity contribution is 0.566. The van der Waals surface area contributed by atoms with Crippen molar-refractivity contribution in [3.63, 3.8) is 0 Å². The summed E-state index contributed by atoms with van der Waals surface area (Å²) in [6.07, 6.45) is 8.42. The molecule has 0 spiro atoms. The van der Waals surface area contributed by atoms with Crippen LogP contribution in [0.5, 0.6) is 0 Å². The summed E-state index contributed by atoms with van der Waals surface area (Å²) in [4.78, 5) is 6.44. The second-order valence-corrected chi connectivity index (χ2v) is 9.49. The van der Waals surface area contributed by atoms with Gasteiger partial charge >= 0.3 is 0 Å². The van der Waals surface area contributed by atoms with Crippen molar-refractivity contribution in [3.05, 3.63) is 106 Å². The highest BCUT2D eigenvalue weighted by molar-refractivity contribution is 7.98. The smallest absolute Gasteiger partial charge is 0.174 e. The minimum Gasteiger partial charge on any atom is -0.329 e. The first kappa shape index (κ1) is 26.7. The number of hydrogen-bond donors (Lipinski definition) is 0. The molecule has 0 aliphatic carbocycles. The number of halogens is 4. The topological polar surface area (TPSA) is 21.1 Å². The van der Waals surface area contributed by atoms with E-state index in [2.05, 4.69) is 11.9 Å². The van der Waals surface area contributed by atoms with Gasteiger partial charge in [-0.2, -0.15) is 0 Å². The van der Waals surface area contributed by atoms with Crippen LogP contribution in [0, 0.1) is 17.5 Å². The molecule has 0 saturated carbocycles. The van der Waals surface area contributed by atoms with Gasteiger partial charge in [-0.05, 0) is 68.8 Å². The summed E-state index contributed by atoms with van der Waals surface area (Å²) in [5, 5.41) is 1.11. The average Bonchev–Trinajstić information content (AvgIpc) is 3.24. The Balaban J connectivity index is 2.07. The normalized spacial score (nSPS) is 12.9. The quantitative estimate of drug-likeness (QED) is 0.210. The first-order valence-corrected chi connectivity index (χ1v) is 12.4. The SMILES string of the molecule is CC/C(C)=C/C=C(\C=C(/C)Cl)N(C)c1cnc(SCc2c(F)cccc2F)n1-c1ccc(F)cc1. The molecular formula is C27H27ClF3N3S. The Morgan fingerprint density at radius 2 is 1.71 bits per heavy atom. The Hall–Kier alpha value is -2.90. The highest BCUT2D eigenvalue weighted by atomic mass is 35.5. The van der Waals surface area contributed by atoms with Crippen LogP contribution < -0.4 is 4.90 Å². The number of nitrogens with zero attached hydrogens (tertiary/aromatic N) is 3. The van der Waals surface area contributed by atoms with Crippen LogP contribution in [0.2, 0.25) is 0 Å². The Labute approximate surface area is 213 Å². The van der Waals surface area contributed by atoms with Gasteiger partial charge in [-0.15, -0.1) is 0 Å². The number of benzene rings is 2. The van der Waals surface area contributed by atoms with Gasteiger partial charge in [-0.3, -0.25) is 4.57 Å². The van der Waals surface area contributed by atoms with Crippen molar-refractivity contribution in [1.82, 2.24) is 9.55 Å². The number of rotatable bonds is 9. The van der Waals surface area contributed by atoms with Crippen LogP contribution in [-0.2, 0) is 5.75 Å². The van der Waals surface area contributed by atoms with Gasteiger partial charge in [0, 0.05) is 34.8 Å². The molecule has 0 unspecified atom stereocenters. The van der Waals surface area contributed by atoms with Gasteiger partial charge in [0.2, 0.25) is 0 Å². The third-order valence-electron chi connectivity index (χ3n) is 5.38. The fraction of sp³-hybridized carbons (Fsp3) is 0.222. The van der Waals surface area contributed by atoms with Crippen LogP contribution >= 0.6 is 23.4 Å². The van der Waals surface area contributed by atoms with Crippen molar-refractivity contribution in [2.24, 2.45) is 0 Å². The van der Waals surface area contributed by atoms with Crippen molar-refractivity contribution in [3.8, 4) is 5.69 Å². The second kappa shape index (κ2) is 12.2. The zero-order valence-electron chi connectivity index (χ0n) is 20.0. The predicted octanol–water partition coefficient (Wildman–Crippen LogP) is 8.40. The molecule has 184 valence electrons. The van der Waals surface area contributed by atoms with E-state index in [1.807, 2.05) is 41.7 Å². The molecule has 35 heavy (non-hydrogen) atoms. The number of hydrogen-bond acceptors (Lipinski definition) is 3. The number of thioether (sulfide) groups is 1. The van der Waals surface area contributed by atoms with E-state index in [9.17, 15) is 13.2 Å². The molecule has 0 atom stereocenters. The Morgan fingerprint density at radius 3 is 2.31 bits per heavy atom. The van der Waals surface area contributed by atoms with Crippen molar-refractivity contribution in [2.75, 3.05) is 11.9 Å². The van der Waals surface area contributed by atoms with Crippen molar-refractivity contribution in [2.45, 2.75) is 38.1 Å². The number of imidazole rings is 1. The molecule has 0 amide bonds. The van der Waals surface area contributed by atoms with Crippen molar-refractivity contribution < 1.29 is 13.2 Å². The minimum absolute atomic E-state index is 0.0254. The Kier molecular flexibility index (Phi) is 9.29. The third kappa shape index (κ3) is 6.83. The molecule has 2 aromatic carbocycles. The highest BCUT2D eigenvalue weighted by Gasteiger charge is 2.19. The zero-order valence-corrected chi connectivity index (χ0v) is 21.6. The molecule has 0 N–H and O–H groups in total. The zero-order chi connectivity index (χ0) is 25.5. The summed E-state index contributed by atoms with van der Waals surface area (Å²) in [7, 11) is 1.87. The van der Waals surface area contributed by atoms with E-state index >= 15 is 0 Å². The average molecular weight is 518 g/mol.